The van der Waals surface area contributed by atoms with Crippen molar-refractivity contribution in [2.75, 3.05) is 31.1 Å². The van der Waals surface area contributed by atoms with Crippen molar-refractivity contribution in [3.05, 3.63) is 29.6 Å². The minimum absolute atomic E-state index is 0.0508. The zero-order valence-corrected chi connectivity index (χ0v) is 14.7. The average Bonchev–Trinajstić information content (AvgIpc) is 3.01. The number of morpholine rings is 1. The van der Waals surface area contributed by atoms with E-state index in [1.54, 1.807) is 17.0 Å². The Morgan fingerprint density at radius 3 is 2.64 bits per heavy atom. The second-order valence-corrected chi connectivity index (χ2v) is 7.16. The fourth-order valence-corrected chi connectivity index (χ4v) is 3.78. The van der Waals surface area contributed by atoms with Gasteiger partial charge in [0.2, 0.25) is 0 Å². The van der Waals surface area contributed by atoms with Gasteiger partial charge in [0.05, 0.1) is 17.9 Å². The SMILES string of the molecule is C[C@@H]1CN(c2ccc(C(=O)C[C@@H]3CCN(C#N)C3)cc2F)C[C@H](C)O1. The second-order valence-electron chi connectivity index (χ2n) is 7.16. The molecule has 0 aromatic heterocycles. The lowest BCUT2D eigenvalue weighted by Crippen LogP contribution is -2.45. The molecule has 0 aliphatic carbocycles. The molecule has 0 bridgehead atoms. The van der Waals surface area contributed by atoms with E-state index in [2.05, 4.69) is 6.19 Å². The van der Waals surface area contributed by atoms with Gasteiger partial charge in [-0.1, -0.05) is 0 Å². The van der Waals surface area contributed by atoms with E-state index in [1.165, 1.54) is 6.07 Å². The third kappa shape index (κ3) is 4.10. The van der Waals surface area contributed by atoms with Crippen molar-refractivity contribution in [2.24, 2.45) is 5.92 Å². The van der Waals surface area contributed by atoms with Gasteiger partial charge in [-0.25, -0.2) is 4.39 Å². The van der Waals surface area contributed by atoms with Gasteiger partial charge in [-0.3, -0.25) is 4.79 Å². The lowest BCUT2D eigenvalue weighted by molar-refractivity contribution is -0.00539. The van der Waals surface area contributed by atoms with Gasteiger partial charge >= 0.3 is 0 Å². The first-order valence-corrected chi connectivity index (χ1v) is 8.84. The van der Waals surface area contributed by atoms with Gasteiger partial charge in [0, 0.05) is 38.2 Å². The highest BCUT2D eigenvalue weighted by molar-refractivity contribution is 5.96. The van der Waals surface area contributed by atoms with E-state index >= 15 is 0 Å². The summed E-state index contributed by atoms with van der Waals surface area (Å²) < 4.78 is 20.3. The van der Waals surface area contributed by atoms with Crippen LogP contribution in [0.2, 0.25) is 0 Å². The van der Waals surface area contributed by atoms with E-state index in [0.29, 0.717) is 43.9 Å². The number of nitrogens with zero attached hydrogens (tertiary/aromatic N) is 3. The first kappa shape index (κ1) is 17.7. The van der Waals surface area contributed by atoms with Crippen LogP contribution >= 0.6 is 0 Å². The molecule has 0 N–H and O–H groups in total. The number of anilines is 1. The van der Waals surface area contributed by atoms with Crippen LogP contribution in [-0.4, -0.2) is 49.1 Å². The lowest BCUT2D eigenvalue weighted by Gasteiger charge is -2.37. The van der Waals surface area contributed by atoms with Gasteiger partial charge in [-0.05, 0) is 44.4 Å². The number of Topliss-reactive ketones (excluding diaryl/α,β-unsaturated/α-hetero) is 1. The van der Waals surface area contributed by atoms with Crippen LogP contribution in [0.15, 0.2) is 18.2 Å². The van der Waals surface area contributed by atoms with Crippen LogP contribution in [0.4, 0.5) is 10.1 Å². The van der Waals surface area contributed by atoms with Crippen molar-refractivity contribution in [2.45, 2.75) is 38.9 Å². The first-order valence-electron chi connectivity index (χ1n) is 8.84. The molecular weight excluding hydrogens is 321 g/mol. The molecule has 1 aromatic carbocycles. The standard InChI is InChI=1S/C19H24FN3O2/c1-13-9-23(10-14(2)25-13)18-4-3-16(8-17(18)20)19(24)7-15-5-6-22(11-15)12-21/h3-4,8,13-15H,5-7,9-11H2,1-2H3/t13-,14+,15-/m0/s1. The average molecular weight is 345 g/mol. The van der Waals surface area contributed by atoms with Crippen molar-refractivity contribution in [1.29, 1.82) is 5.26 Å². The Morgan fingerprint density at radius 2 is 2.04 bits per heavy atom. The van der Waals surface area contributed by atoms with Crippen molar-refractivity contribution in [3.8, 4) is 6.19 Å². The fraction of sp³-hybridized carbons (Fsp3) is 0.579. The van der Waals surface area contributed by atoms with Crippen LogP contribution < -0.4 is 4.90 Å². The van der Waals surface area contributed by atoms with Crippen LogP contribution in [0.1, 0.15) is 37.0 Å². The van der Waals surface area contributed by atoms with E-state index in [9.17, 15) is 9.18 Å². The molecule has 2 heterocycles. The summed E-state index contributed by atoms with van der Waals surface area (Å²) in [6, 6.07) is 4.76. The van der Waals surface area contributed by atoms with Crippen LogP contribution in [0, 0.1) is 23.2 Å². The predicted molar refractivity (Wildman–Crippen MR) is 92.9 cm³/mol. The lowest BCUT2D eigenvalue weighted by atomic mass is 9.97. The molecule has 2 aliphatic rings. The molecule has 3 atom stereocenters. The Balaban J connectivity index is 1.67. The molecule has 134 valence electrons. The molecule has 0 radical (unpaired) electrons. The third-order valence-corrected chi connectivity index (χ3v) is 4.93. The van der Waals surface area contributed by atoms with Crippen LogP contribution in [-0.2, 0) is 4.74 Å². The van der Waals surface area contributed by atoms with Gasteiger partial charge in [-0.2, -0.15) is 5.26 Å². The molecule has 1 aromatic rings. The Hall–Kier alpha value is -2.13. The summed E-state index contributed by atoms with van der Waals surface area (Å²) in [5, 5.41) is 8.89. The van der Waals surface area contributed by atoms with Crippen molar-refractivity contribution in [3.63, 3.8) is 0 Å². The Morgan fingerprint density at radius 1 is 1.32 bits per heavy atom. The largest absolute Gasteiger partial charge is 0.372 e. The number of halogens is 1. The van der Waals surface area contributed by atoms with Crippen LogP contribution in [0.5, 0.6) is 0 Å². The van der Waals surface area contributed by atoms with E-state index in [4.69, 9.17) is 10.00 Å². The van der Waals surface area contributed by atoms with Gasteiger partial charge in [-0.15, -0.1) is 0 Å². The topological polar surface area (TPSA) is 56.6 Å². The zero-order valence-electron chi connectivity index (χ0n) is 14.7. The van der Waals surface area contributed by atoms with E-state index in [-0.39, 0.29) is 29.7 Å². The van der Waals surface area contributed by atoms with Crippen LogP contribution in [0.3, 0.4) is 0 Å². The number of carbonyl (C=O) groups excluding carboxylic acids is 1. The Labute approximate surface area is 148 Å². The molecule has 0 unspecified atom stereocenters. The fourth-order valence-electron chi connectivity index (χ4n) is 3.78. The number of hydrogen-bond donors (Lipinski definition) is 0. The maximum atomic E-state index is 14.6. The van der Waals surface area contributed by atoms with Crippen molar-refractivity contribution in [1.82, 2.24) is 4.90 Å². The van der Waals surface area contributed by atoms with Crippen molar-refractivity contribution >= 4 is 11.5 Å². The highest BCUT2D eigenvalue weighted by Crippen LogP contribution is 2.26. The zero-order chi connectivity index (χ0) is 18.0. The monoisotopic (exact) mass is 345 g/mol. The highest BCUT2D eigenvalue weighted by atomic mass is 19.1. The van der Waals surface area contributed by atoms with Gasteiger partial charge in [0.15, 0.2) is 12.0 Å². The second kappa shape index (κ2) is 7.40. The number of rotatable bonds is 4. The van der Waals surface area contributed by atoms with Crippen LogP contribution in [0.25, 0.3) is 0 Å². The van der Waals surface area contributed by atoms with Gasteiger partial charge < -0.3 is 14.5 Å². The summed E-state index contributed by atoms with van der Waals surface area (Å²) >= 11 is 0. The number of benzene rings is 1. The summed E-state index contributed by atoms with van der Waals surface area (Å²) in [4.78, 5) is 16.1. The summed E-state index contributed by atoms with van der Waals surface area (Å²) in [5.41, 5.74) is 0.932. The summed E-state index contributed by atoms with van der Waals surface area (Å²) in [7, 11) is 0. The van der Waals surface area contributed by atoms with E-state index in [0.717, 1.165) is 6.42 Å². The smallest absolute Gasteiger partial charge is 0.179 e. The molecule has 2 fully saturated rings. The quantitative estimate of drug-likeness (QED) is 0.620. The Kier molecular flexibility index (Phi) is 5.24. The van der Waals surface area contributed by atoms with Gasteiger partial charge in [0.1, 0.15) is 5.82 Å². The molecule has 25 heavy (non-hydrogen) atoms. The molecule has 6 heteroatoms. The van der Waals surface area contributed by atoms with E-state index < -0.39 is 0 Å². The summed E-state index contributed by atoms with van der Waals surface area (Å²) in [6.07, 6.45) is 3.42. The molecule has 3 rings (SSSR count). The number of ketones is 1. The molecule has 2 saturated heterocycles. The predicted octanol–water partition coefficient (Wildman–Crippen LogP) is 2.82. The molecule has 0 saturated carbocycles. The highest BCUT2D eigenvalue weighted by Gasteiger charge is 2.26. The summed E-state index contributed by atoms with van der Waals surface area (Å²) in [6.45, 7) is 6.55. The molecule has 5 nitrogen and oxygen atoms in total. The maximum absolute atomic E-state index is 14.6. The number of likely N-dealkylation sites (tertiary alicyclic amines) is 1. The van der Waals surface area contributed by atoms with Crippen molar-refractivity contribution < 1.29 is 13.9 Å². The number of carbonyl (C=O) groups is 1. The molecule has 0 amide bonds. The third-order valence-electron chi connectivity index (χ3n) is 4.93. The number of ether oxygens (including phenoxy) is 1. The minimum atomic E-state index is -0.364. The maximum Gasteiger partial charge on any atom is 0.179 e. The minimum Gasteiger partial charge on any atom is -0.372 e. The number of hydrogen-bond acceptors (Lipinski definition) is 5. The molecule has 0 spiro atoms. The summed E-state index contributed by atoms with van der Waals surface area (Å²) in [5.74, 6) is -0.244. The van der Waals surface area contributed by atoms with E-state index in [1.807, 2.05) is 18.7 Å². The molecule has 2 aliphatic heterocycles. The first-order chi connectivity index (χ1) is 12.0. The Bertz CT molecular complexity index is 678. The van der Waals surface area contributed by atoms with Gasteiger partial charge in [0.25, 0.3) is 0 Å². The number of nitriles is 1. The molecular formula is C19H24FN3O2. The normalized spacial score (nSPS) is 26.6.